The van der Waals surface area contributed by atoms with Crippen LogP contribution in [0.2, 0.25) is 0 Å². The van der Waals surface area contributed by atoms with Gasteiger partial charge in [0.1, 0.15) is 6.54 Å². The maximum Gasteiger partial charge on any atom is 0.244 e. The van der Waals surface area contributed by atoms with Gasteiger partial charge in [-0.25, -0.2) is 0 Å². The molecular weight excluding hydrogens is 370 g/mol. The number of para-hydroxylation sites is 1. The standard InChI is InChI=1S/C21H23N5OS/c1-3-22-21(28)25-23-12-16-13-26(19-10-5-4-9-18(16)19)14-20(27)24-17-8-6-7-15(2)11-17/h4-13H,3,14H2,1-2H3,(H,24,27)(H2,22,25,28). The number of aryl methyl sites for hydroxylation is 1. The second-order valence-electron chi connectivity index (χ2n) is 6.38. The zero-order valence-electron chi connectivity index (χ0n) is 15.9. The maximum atomic E-state index is 12.5. The number of thiocarbonyl (C=S) groups is 1. The fourth-order valence-corrected chi connectivity index (χ4v) is 3.14. The highest BCUT2D eigenvalue weighted by molar-refractivity contribution is 7.80. The van der Waals surface area contributed by atoms with Gasteiger partial charge in [-0.15, -0.1) is 0 Å². The summed E-state index contributed by atoms with van der Waals surface area (Å²) in [6.07, 6.45) is 3.63. The number of aromatic nitrogens is 1. The second kappa shape index (κ2) is 9.14. The number of carbonyl (C=O) groups excluding carboxylic acids is 1. The Morgan fingerprint density at radius 2 is 2.04 bits per heavy atom. The monoisotopic (exact) mass is 393 g/mol. The van der Waals surface area contributed by atoms with E-state index in [4.69, 9.17) is 12.2 Å². The number of amides is 1. The number of nitrogens with zero attached hydrogens (tertiary/aromatic N) is 2. The van der Waals surface area contributed by atoms with Crippen molar-refractivity contribution in [3.63, 3.8) is 0 Å². The molecule has 0 aliphatic carbocycles. The first-order valence-corrected chi connectivity index (χ1v) is 9.49. The van der Waals surface area contributed by atoms with Gasteiger partial charge in [-0.2, -0.15) is 5.10 Å². The van der Waals surface area contributed by atoms with Crippen LogP contribution in [0.4, 0.5) is 5.69 Å². The largest absolute Gasteiger partial charge is 0.362 e. The molecule has 1 amide bonds. The molecule has 0 atom stereocenters. The normalized spacial score (nSPS) is 10.9. The van der Waals surface area contributed by atoms with E-state index >= 15 is 0 Å². The van der Waals surface area contributed by atoms with E-state index in [1.165, 1.54) is 0 Å². The average Bonchev–Trinajstić information content (AvgIpc) is 3.00. The van der Waals surface area contributed by atoms with Crippen molar-refractivity contribution in [2.24, 2.45) is 5.10 Å². The van der Waals surface area contributed by atoms with Crippen molar-refractivity contribution in [3.05, 3.63) is 65.9 Å². The van der Waals surface area contributed by atoms with Crippen LogP contribution in [0.25, 0.3) is 10.9 Å². The molecule has 0 fully saturated rings. The quantitative estimate of drug-likeness (QED) is 0.341. The third-order valence-corrected chi connectivity index (χ3v) is 4.38. The van der Waals surface area contributed by atoms with Gasteiger partial charge in [0, 0.05) is 34.9 Å². The Bertz CT molecular complexity index is 1020. The van der Waals surface area contributed by atoms with Gasteiger partial charge < -0.3 is 15.2 Å². The van der Waals surface area contributed by atoms with E-state index in [-0.39, 0.29) is 12.5 Å². The van der Waals surface area contributed by atoms with E-state index < -0.39 is 0 Å². The van der Waals surface area contributed by atoms with Crippen molar-refractivity contribution >= 4 is 46.0 Å². The highest BCUT2D eigenvalue weighted by atomic mass is 32.1. The van der Waals surface area contributed by atoms with E-state index in [9.17, 15) is 4.79 Å². The van der Waals surface area contributed by atoms with Crippen LogP contribution < -0.4 is 16.1 Å². The van der Waals surface area contributed by atoms with Crippen LogP contribution in [0.15, 0.2) is 59.8 Å². The predicted molar refractivity (Wildman–Crippen MR) is 119 cm³/mol. The Labute approximate surface area is 169 Å². The third-order valence-electron chi connectivity index (χ3n) is 4.14. The SMILES string of the molecule is CCNC(=S)NN=Cc1cn(CC(=O)Nc2cccc(C)c2)c2ccccc12. The van der Waals surface area contributed by atoms with Gasteiger partial charge in [0.15, 0.2) is 5.11 Å². The van der Waals surface area contributed by atoms with E-state index in [1.54, 1.807) is 6.21 Å². The molecule has 0 bridgehead atoms. The van der Waals surface area contributed by atoms with Gasteiger partial charge in [0.25, 0.3) is 0 Å². The first-order chi connectivity index (χ1) is 13.6. The molecule has 0 aliphatic heterocycles. The molecule has 0 spiro atoms. The number of hydrazone groups is 1. The van der Waals surface area contributed by atoms with Gasteiger partial charge in [-0.05, 0) is 49.8 Å². The van der Waals surface area contributed by atoms with Gasteiger partial charge in [0.05, 0.1) is 6.21 Å². The molecule has 6 nitrogen and oxygen atoms in total. The minimum absolute atomic E-state index is 0.0821. The molecule has 2 aromatic carbocycles. The average molecular weight is 394 g/mol. The molecule has 1 aromatic heterocycles. The topological polar surface area (TPSA) is 70.5 Å². The van der Waals surface area contributed by atoms with Gasteiger partial charge in [0.2, 0.25) is 5.91 Å². The number of anilines is 1. The summed E-state index contributed by atoms with van der Waals surface area (Å²) in [4.78, 5) is 12.5. The smallest absolute Gasteiger partial charge is 0.244 e. The molecule has 3 aromatic rings. The van der Waals surface area contributed by atoms with Crippen molar-refractivity contribution < 1.29 is 4.79 Å². The molecule has 28 heavy (non-hydrogen) atoms. The molecule has 0 saturated heterocycles. The van der Waals surface area contributed by atoms with Crippen LogP contribution in [0.5, 0.6) is 0 Å². The molecule has 7 heteroatoms. The Balaban J connectivity index is 1.77. The zero-order valence-corrected chi connectivity index (χ0v) is 16.7. The van der Waals surface area contributed by atoms with Crippen LogP contribution in [0.3, 0.4) is 0 Å². The van der Waals surface area contributed by atoms with E-state index in [2.05, 4.69) is 21.2 Å². The molecule has 1 heterocycles. The summed E-state index contributed by atoms with van der Waals surface area (Å²) >= 11 is 5.10. The molecule has 0 radical (unpaired) electrons. The van der Waals surface area contributed by atoms with Crippen molar-refractivity contribution in [2.75, 3.05) is 11.9 Å². The van der Waals surface area contributed by atoms with Crippen molar-refractivity contribution in [2.45, 2.75) is 20.4 Å². The van der Waals surface area contributed by atoms with Crippen molar-refractivity contribution in [1.29, 1.82) is 0 Å². The highest BCUT2D eigenvalue weighted by Gasteiger charge is 2.10. The lowest BCUT2D eigenvalue weighted by Crippen LogP contribution is -2.31. The molecule has 0 aliphatic rings. The van der Waals surface area contributed by atoms with Crippen LogP contribution >= 0.6 is 12.2 Å². The summed E-state index contributed by atoms with van der Waals surface area (Å²) in [7, 11) is 0. The van der Waals surface area contributed by atoms with Crippen LogP contribution in [0, 0.1) is 6.92 Å². The van der Waals surface area contributed by atoms with Gasteiger partial charge in [-0.3, -0.25) is 10.2 Å². The Kier molecular flexibility index (Phi) is 6.39. The minimum Gasteiger partial charge on any atom is -0.362 e. The van der Waals surface area contributed by atoms with Crippen molar-refractivity contribution in [3.8, 4) is 0 Å². The first-order valence-electron chi connectivity index (χ1n) is 9.08. The zero-order chi connectivity index (χ0) is 19.9. The van der Waals surface area contributed by atoms with E-state index in [1.807, 2.05) is 73.1 Å². The molecule has 3 rings (SSSR count). The summed E-state index contributed by atoms with van der Waals surface area (Å²) in [5.41, 5.74) is 6.56. The maximum absolute atomic E-state index is 12.5. The lowest BCUT2D eigenvalue weighted by molar-refractivity contribution is -0.116. The number of rotatable bonds is 6. The summed E-state index contributed by atoms with van der Waals surface area (Å²) in [5, 5.41) is 11.6. The number of hydrogen-bond donors (Lipinski definition) is 3. The molecule has 0 unspecified atom stereocenters. The lowest BCUT2D eigenvalue weighted by atomic mass is 10.2. The van der Waals surface area contributed by atoms with Crippen LogP contribution in [0.1, 0.15) is 18.1 Å². The summed E-state index contributed by atoms with van der Waals surface area (Å²) in [5.74, 6) is -0.0821. The van der Waals surface area contributed by atoms with Crippen LogP contribution in [-0.4, -0.2) is 28.3 Å². The summed E-state index contributed by atoms with van der Waals surface area (Å²) < 4.78 is 1.92. The minimum atomic E-state index is -0.0821. The molecule has 3 N–H and O–H groups in total. The Morgan fingerprint density at radius 3 is 2.82 bits per heavy atom. The summed E-state index contributed by atoms with van der Waals surface area (Å²) in [6.45, 7) is 4.91. The van der Waals surface area contributed by atoms with Gasteiger partial charge in [-0.1, -0.05) is 30.3 Å². The molecule has 0 saturated carbocycles. The Hall–Kier alpha value is -3.19. The fraction of sp³-hybridized carbons (Fsp3) is 0.190. The number of fused-ring (bicyclic) bond motifs is 1. The second-order valence-corrected chi connectivity index (χ2v) is 6.78. The van der Waals surface area contributed by atoms with Crippen LogP contribution in [-0.2, 0) is 11.3 Å². The highest BCUT2D eigenvalue weighted by Crippen LogP contribution is 2.20. The number of hydrogen-bond acceptors (Lipinski definition) is 3. The summed E-state index contributed by atoms with van der Waals surface area (Å²) in [6, 6.07) is 15.7. The lowest BCUT2D eigenvalue weighted by Gasteiger charge is -2.08. The van der Waals surface area contributed by atoms with Gasteiger partial charge >= 0.3 is 0 Å². The van der Waals surface area contributed by atoms with E-state index in [0.717, 1.165) is 34.3 Å². The third kappa shape index (κ3) is 4.95. The number of nitrogens with one attached hydrogen (secondary N) is 3. The van der Waals surface area contributed by atoms with Crippen molar-refractivity contribution in [1.82, 2.24) is 15.3 Å². The molecular formula is C21H23N5OS. The fourth-order valence-electron chi connectivity index (χ4n) is 2.95. The Morgan fingerprint density at radius 1 is 1.21 bits per heavy atom. The number of benzene rings is 2. The number of carbonyl (C=O) groups is 1. The van der Waals surface area contributed by atoms with E-state index in [0.29, 0.717) is 5.11 Å². The first kappa shape index (κ1) is 19.6. The predicted octanol–water partition coefficient (Wildman–Crippen LogP) is 3.41. The molecule has 144 valence electrons.